The van der Waals surface area contributed by atoms with Gasteiger partial charge in [0, 0.05) is 30.3 Å². The summed E-state index contributed by atoms with van der Waals surface area (Å²) < 4.78 is 0. The molecule has 0 radical (unpaired) electrons. The molecule has 180 valence electrons. The summed E-state index contributed by atoms with van der Waals surface area (Å²) in [5, 5.41) is 7.16. The number of carbonyl (C=O) groups excluding carboxylic acids is 1. The van der Waals surface area contributed by atoms with Gasteiger partial charge in [-0.05, 0) is 74.0 Å². The van der Waals surface area contributed by atoms with Crippen LogP contribution >= 0.6 is 11.8 Å². The minimum Gasteiger partial charge on any atom is -0.353 e. The summed E-state index contributed by atoms with van der Waals surface area (Å²) in [7, 11) is 0. The van der Waals surface area contributed by atoms with Crippen molar-refractivity contribution in [2.75, 3.05) is 43.4 Å². The number of benzene rings is 1. The Balaban J connectivity index is 1.45. The molecule has 0 atom stereocenters. The van der Waals surface area contributed by atoms with Crippen LogP contribution in [0.2, 0.25) is 0 Å². The molecule has 2 heterocycles. The zero-order valence-corrected chi connectivity index (χ0v) is 21.0. The van der Waals surface area contributed by atoms with Gasteiger partial charge in [-0.25, -0.2) is 0 Å². The normalized spacial score (nSPS) is 15.3. The highest BCUT2D eigenvalue weighted by molar-refractivity contribution is 7.99. The zero-order chi connectivity index (χ0) is 23.9. The molecule has 0 saturated heterocycles. The van der Waals surface area contributed by atoms with Gasteiger partial charge < -0.3 is 15.5 Å². The summed E-state index contributed by atoms with van der Waals surface area (Å²) in [6.07, 6.45) is 4.63. The minimum absolute atomic E-state index is 0.293. The highest BCUT2D eigenvalue weighted by Gasteiger charge is 2.29. The van der Waals surface area contributed by atoms with E-state index >= 15 is 0 Å². The molecule has 1 fully saturated rings. The SMILES string of the molecule is CCN(CC)CCNc1nc(NC2=NCC(C)=C2)nc(Sc2ccc(CC(=O)C3CC3)cc2)n1. The van der Waals surface area contributed by atoms with Crippen LogP contribution < -0.4 is 10.6 Å². The fourth-order valence-electron chi connectivity index (χ4n) is 3.66. The van der Waals surface area contributed by atoms with Gasteiger partial charge in [-0.15, -0.1) is 0 Å². The molecule has 0 unspecified atom stereocenters. The van der Waals surface area contributed by atoms with Crippen LogP contribution in [0.5, 0.6) is 0 Å². The molecule has 2 aliphatic rings. The number of hydrogen-bond donors (Lipinski definition) is 2. The van der Waals surface area contributed by atoms with E-state index in [0.717, 1.165) is 55.3 Å². The van der Waals surface area contributed by atoms with E-state index < -0.39 is 0 Å². The van der Waals surface area contributed by atoms with Crippen LogP contribution in [0.25, 0.3) is 0 Å². The number of anilines is 2. The van der Waals surface area contributed by atoms with E-state index in [0.29, 0.717) is 41.7 Å². The molecule has 0 spiro atoms. The lowest BCUT2D eigenvalue weighted by molar-refractivity contribution is -0.119. The molecule has 0 amide bonds. The Hall–Kier alpha value is -2.78. The molecule has 2 N–H and O–H groups in total. The van der Waals surface area contributed by atoms with Crippen molar-refractivity contribution in [1.82, 2.24) is 19.9 Å². The summed E-state index contributed by atoms with van der Waals surface area (Å²) in [6, 6.07) is 8.09. The molecule has 0 bridgehead atoms. The average molecular weight is 480 g/mol. The van der Waals surface area contributed by atoms with E-state index in [4.69, 9.17) is 0 Å². The Morgan fingerprint density at radius 3 is 2.47 bits per heavy atom. The van der Waals surface area contributed by atoms with Crippen LogP contribution in [-0.4, -0.2) is 64.2 Å². The molecule has 1 saturated carbocycles. The van der Waals surface area contributed by atoms with Crippen molar-refractivity contribution in [2.24, 2.45) is 10.9 Å². The Bertz CT molecular complexity index is 1060. The van der Waals surface area contributed by atoms with E-state index in [9.17, 15) is 4.79 Å². The maximum Gasteiger partial charge on any atom is 0.234 e. The highest BCUT2D eigenvalue weighted by atomic mass is 32.2. The van der Waals surface area contributed by atoms with Gasteiger partial charge in [0.05, 0.1) is 6.54 Å². The van der Waals surface area contributed by atoms with Crippen LogP contribution in [0.3, 0.4) is 0 Å². The average Bonchev–Trinajstić information content (AvgIpc) is 3.60. The van der Waals surface area contributed by atoms with Crippen molar-refractivity contribution in [3.63, 3.8) is 0 Å². The van der Waals surface area contributed by atoms with E-state index in [1.807, 2.05) is 30.3 Å². The number of hydrogen-bond acceptors (Lipinski definition) is 9. The standard InChI is InChI=1S/C25H33N7OS/c1-4-32(5-2)13-12-26-23-29-24(28-22-14-17(3)16-27-22)31-25(30-23)34-20-10-6-18(7-11-20)15-21(33)19-8-9-19/h6-7,10-11,14,19H,4-5,8-9,12-13,15-16H2,1-3H3,(H2,26,27,28,29,30,31). The number of Topliss-reactive ketones (excluding diaryl/α,β-unsaturated/α-hetero) is 1. The zero-order valence-electron chi connectivity index (χ0n) is 20.2. The number of ketones is 1. The molecule has 1 aliphatic carbocycles. The summed E-state index contributed by atoms with van der Waals surface area (Å²) in [5.74, 6) is 2.42. The minimum atomic E-state index is 0.293. The molecule has 1 aromatic carbocycles. The second-order valence-electron chi connectivity index (χ2n) is 8.70. The summed E-state index contributed by atoms with van der Waals surface area (Å²) in [5.41, 5.74) is 2.25. The Kier molecular flexibility index (Phi) is 8.29. The third-order valence-electron chi connectivity index (χ3n) is 5.89. The van der Waals surface area contributed by atoms with Crippen LogP contribution in [0.4, 0.5) is 11.9 Å². The van der Waals surface area contributed by atoms with Gasteiger partial charge in [-0.2, -0.15) is 15.0 Å². The molecule has 9 heteroatoms. The molecule has 1 aromatic heterocycles. The van der Waals surface area contributed by atoms with Crippen molar-refractivity contribution in [3.8, 4) is 0 Å². The number of aliphatic imine (C=N–C) groups is 1. The van der Waals surface area contributed by atoms with Crippen LogP contribution in [0.15, 0.2) is 51.0 Å². The Labute approximate surface area is 205 Å². The van der Waals surface area contributed by atoms with Gasteiger partial charge in [0.25, 0.3) is 0 Å². The fraction of sp³-hybridized carbons (Fsp3) is 0.480. The first-order valence-electron chi connectivity index (χ1n) is 12.0. The molecular formula is C25H33N7OS. The summed E-state index contributed by atoms with van der Waals surface area (Å²) in [4.78, 5) is 33.7. The lowest BCUT2D eigenvalue weighted by atomic mass is 10.1. The Morgan fingerprint density at radius 1 is 1.09 bits per heavy atom. The number of amidine groups is 1. The van der Waals surface area contributed by atoms with Crippen molar-refractivity contribution >= 4 is 35.3 Å². The fourth-order valence-corrected chi connectivity index (χ4v) is 4.41. The van der Waals surface area contributed by atoms with Crippen LogP contribution in [-0.2, 0) is 11.2 Å². The van der Waals surface area contributed by atoms with E-state index in [1.54, 1.807) is 0 Å². The van der Waals surface area contributed by atoms with Crippen molar-refractivity contribution < 1.29 is 4.79 Å². The molecule has 2 aromatic rings. The number of carbonyl (C=O) groups is 1. The number of nitrogens with one attached hydrogen (secondary N) is 2. The lowest BCUT2D eigenvalue weighted by Crippen LogP contribution is -2.29. The van der Waals surface area contributed by atoms with Crippen molar-refractivity contribution in [3.05, 3.63) is 41.5 Å². The van der Waals surface area contributed by atoms with E-state index in [-0.39, 0.29) is 0 Å². The second kappa shape index (κ2) is 11.6. The largest absolute Gasteiger partial charge is 0.353 e. The number of aromatic nitrogens is 3. The number of rotatable bonds is 12. The summed E-state index contributed by atoms with van der Waals surface area (Å²) in [6.45, 7) is 10.8. The maximum atomic E-state index is 12.1. The first-order chi connectivity index (χ1) is 16.5. The predicted octanol–water partition coefficient (Wildman–Crippen LogP) is 4.07. The molecule has 34 heavy (non-hydrogen) atoms. The topological polar surface area (TPSA) is 95.4 Å². The maximum absolute atomic E-state index is 12.1. The predicted molar refractivity (Wildman–Crippen MR) is 138 cm³/mol. The first kappa shape index (κ1) is 24.3. The third-order valence-corrected chi connectivity index (χ3v) is 6.76. The van der Waals surface area contributed by atoms with Crippen molar-refractivity contribution in [2.45, 2.75) is 50.1 Å². The number of likely N-dealkylation sites (N-methyl/N-ethyl adjacent to an activating group) is 1. The van der Waals surface area contributed by atoms with Gasteiger partial charge in [0.1, 0.15) is 11.6 Å². The van der Waals surface area contributed by atoms with Gasteiger partial charge in [-0.1, -0.05) is 26.0 Å². The molecule has 4 rings (SSSR count). The molecular weight excluding hydrogens is 446 g/mol. The third kappa shape index (κ3) is 7.11. The summed E-state index contributed by atoms with van der Waals surface area (Å²) >= 11 is 1.48. The van der Waals surface area contributed by atoms with Gasteiger partial charge >= 0.3 is 0 Å². The van der Waals surface area contributed by atoms with Gasteiger partial charge in [-0.3, -0.25) is 9.79 Å². The van der Waals surface area contributed by atoms with E-state index in [1.165, 1.54) is 17.3 Å². The van der Waals surface area contributed by atoms with Crippen molar-refractivity contribution in [1.29, 1.82) is 0 Å². The number of nitrogens with zero attached hydrogens (tertiary/aromatic N) is 5. The first-order valence-corrected chi connectivity index (χ1v) is 12.8. The monoisotopic (exact) mass is 479 g/mol. The van der Waals surface area contributed by atoms with Crippen LogP contribution in [0.1, 0.15) is 39.2 Å². The highest BCUT2D eigenvalue weighted by Crippen LogP contribution is 2.31. The quantitative estimate of drug-likeness (QED) is 0.470. The van der Waals surface area contributed by atoms with Crippen LogP contribution in [0, 0.1) is 5.92 Å². The molecule has 1 aliphatic heterocycles. The van der Waals surface area contributed by atoms with E-state index in [2.05, 4.69) is 56.2 Å². The van der Waals surface area contributed by atoms with Gasteiger partial charge in [0.2, 0.25) is 11.9 Å². The molecule has 8 nitrogen and oxygen atoms in total. The second-order valence-corrected chi connectivity index (χ2v) is 9.74. The smallest absolute Gasteiger partial charge is 0.234 e. The Morgan fingerprint density at radius 2 is 1.82 bits per heavy atom. The lowest BCUT2D eigenvalue weighted by Gasteiger charge is -2.18. The van der Waals surface area contributed by atoms with Gasteiger partial charge in [0.15, 0.2) is 5.16 Å².